The van der Waals surface area contributed by atoms with Gasteiger partial charge in [0, 0.05) is 30.6 Å². The topological polar surface area (TPSA) is 86.8 Å². The number of sulfonamides is 1. The number of halogens is 2. The molecule has 0 bridgehead atoms. The number of rotatable bonds is 13. The van der Waals surface area contributed by atoms with Gasteiger partial charge in [-0.25, -0.2) is 8.42 Å². The zero-order valence-corrected chi connectivity index (χ0v) is 24.5. The van der Waals surface area contributed by atoms with E-state index in [2.05, 4.69) is 5.32 Å². The molecule has 2 rings (SSSR count). The van der Waals surface area contributed by atoms with E-state index in [1.165, 1.54) is 12.1 Å². The molecule has 0 aromatic heterocycles. The van der Waals surface area contributed by atoms with Crippen LogP contribution in [0.4, 0.5) is 5.69 Å². The van der Waals surface area contributed by atoms with Crippen molar-refractivity contribution in [1.29, 1.82) is 0 Å². The highest BCUT2D eigenvalue weighted by molar-refractivity contribution is 7.92. The zero-order valence-electron chi connectivity index (χ0n) is 22.1. The molecule has 0 aliphatic carbocycles. The van der Waals surface area contributed by atoms with E-state index in [1.54, 1.807) is 11.0 Å². The molecule has 2 aromatic rings. The van der Waals surface area contributed by atoms with E-state index < -0.39 is 16.1 Å². The average molecular weight is 571 g/mol. The summed E-state index contributed by atoms with van der Waals surface area (Å²) in [6, 6.07) is 11.8. The van der Waals surface area contributed by atoms with E-state index in [-0.39, 0.29) is 54.5 Å². The average Bonchev–Trinajstić information content (AvgIpc) is 2.82. The predicted octanol–water partition coefficient (Wildman–Crippen LogP) is 5.57. The molecular formula is C27H37Cl2N3O4S. The van der Waals surface area contributed by atoms with Crippen molar-refractivity contribution in [2.75, 3.05) is 17.1 Å². The van der Waals surface area contributed by atoms with Crippen LogP contribution < -0.4 is 9.62 Å². The summed E-state index contributed by atoms with van der Waals surface area (Å²) >= 11 is 12.3. The lowest BCUT2D eigenvalue weighted by atomic mass is 10.1. The molecule has 0 aliphatic rings. The van der Waals surface area contributed by atoms with Crippen LogP contribution in [0.25, 0.3) is 0 Å². The quantitative estimate of drug-likeness (QED) is 0.341. The number of nitrogens with one attached hydrogen (secondary N) is 1. The molecule has 2 aromatic carbocycles. The first-order valence-corrected chi connectivity index (χ1v) is 15.1. The second-order valence-electron chi connectivity index (χ2n) is 9.29. The fourth-order valence-electron chi connectivity index (χ4n) is 4.03. The van der Waals surface area contributed by atoms with Crippen LogP contribution in [0.1, 0.15) is 57.6 Å². The van der Waals surface area contributed by atoms with Crippen molar-refractivity contribution < 1.29 is 18.0 Å². The summed E-state index contributed by atoms with van der Waals surface area (Å²) in [6.07, 6.45) is 2.61. The Labute approximate surface area is 231 Å². The van der Waals surface area contributed by atoms with Crippen LogP contribution in [0.15, 0.2) is 42.5 Å². The number of aryl methyl sites for hydroxylation is 1. The lowest BCUT2D eigenvalue weighted by Gasteiger charge is -2.32. The number of anilines is 1. The summed E-state index contributed by atoms with van der Waals surface area (Å²) in [6.45, 7) is 8.09. The van der Waals surface area contributed by atoms with Gasteiger partial charge < -0.3 is 10.2 Å². The van der Waals surface area contributed by atoms with Crippen molar-refractivity contribution in [3.63, 3.8) is 0 Å². The molecule has 0 unspecified atom stereocenters. The summed E-state index contributed by atoms with van der Waals surface area (Å²) in [7, 11) is -3.68. The van der Waals surface area contributed by atoms with Gasteiger partial charge in [-0.1, -0.05) is 66.9 Å². The zero-order chi connectivity index (χ0) is 27.8. The highest BCUT2D eigenvalue weighted by atomic mass is 35.5. The number of amides is 2. The lowest BCUT2D eigenvalue weighted by Crippen LogP contribution is -2.50. The van der Waals surface area contributed by atoms with Crippen LogP contribution >= 0.6 is 23.2 Å². The maximum absolute atomic E-state index is 13.5. The number of carbonyl (C=O) groups is 2. The molecule has 37 heavy (non-hydrogen) atoms. The third-order valence-electron chi connectivity index (χ3n) is 6.15. The molecule has 0 saturated heterocycles. The van der Waals surface area contributed by atoms with Crippen molar-refractivity contribution in [3.8, 4) is 0 Å². The van der Waals surface area contributed by atoms with E-state index in [4.69, 9.17) is 23.2 Å². The largest absolute Gasteiger partial charge is 0.352 e. The predicted molar refractivity (Wildman–Crippen MR) is 152 cm³/mol. The smallest absolute Gasteiger partial charge is 0.243 e. The highest BCUT2D eigenvalue weighted by Gasteiger charge is 2.29. The number of benzene rings is 2. The van der Waals surface area contributed by atoms with Gasteiger partial charge in [0.1, 0.15) is 6.04 Å². The molecule has 0 spiro atoms. The molecule has 2 amide bonds. The van der Waals surface area contributed by atoms with Crippen molar-refractivity contribution in [2.24, 2.45) is 0 Å². The second kappa shape index (κ2) is 14.0. The molecule has 0 saturated carbocycles. The van der Waals surface area contributed by atoms with E-state index in [9.17, 15) is 18.0 Å². The first-order valence-electron chi connectivity index (χ1n) is 12.5. The Bertz CT molecular complexity index is 1190. The molecule has 2 atom stereocenters. The van der Waals surface area contributed by atoms with Crippen molar-refractivity contribution in [2.45, 2.75) is 72.0 Å². The molecular weight excluding hydrogens is 533 g/mol. The van der Waals surface area contributed by atoms with Gasteiger partial charge >= 0.3 is 0 Å². The summed E-state index contributed by atoms with van der Waals surface area (Å²) in [5.41, 5.74) is 2.25. The summed E-state index contributed by atoms with van der Waals surface area (Å²) < 4.78 is 26.2. The molecule has 204 valence electrons. The summed E-state index contributed by atoms with van der Waals surface area (Å²) in [4.78, 5) is 28.2. The van der Waals surface area contributed by atoms with Crippen LogP contribution in [0.2, 0.25) is 10.0 Å². The van der Waals surface area contributed by atoms with E-state index >= 15 is 0 Å². The maximum Gasteiger partial charge on any atom is 0.243 e. The van der Waals surface area contributed by atoms with Crippen LogP contribution in [0.3, 0.4) is 0 Å². The van der Waals surface area contributed by atoms with Gasteiger partial charge in [-0.3, -0.25) is 13.9 Å². The minimum absolute atomic E-state index is 0.0109. The van der Waals surface area contributed by atoms with Gasteiger partial charge in [0.05, 0.1) is 17.0 Å². The van der Waals surface area contributed by atoms with Crippen LogP contribution in [-0.4, -0.2) is 50.0 Å². The molecule has 0 fully saturated rings. The number of hydrogen-bond acceptors (Lipinski definition) is 4. The molecule has 0 radical (unpaired) electrons. The Morgan fingerprint density at radius 2 is 1.76 bits per heavy atom. The van der Waals surface area contributed by atoms with Gasteiger partial charge in [-0.05, 0) is 56.9 Å². The van der Waals surface area contributed by atoms with Crippen LogP contribution in [-0.2, 0) is 26.2 Å². The summed E-state index contributed by atoms with van der Waals surface area (Å²) in [5, 5.41) is 3.59. The maximum atomic E-state index is 13.5. The van der Waals surface area contributed by atoms with Gasteiger partial charge in [0.25, 0.3) is 0 Å². The molecule has 10 heteroatoms. The fraction of sp³-hybridized carbons (Fsp3) is 0.481. The van der Waals surface area contributed by atoms with Gasteiger partial charge in [0.2, 0.25) is 21.8 Å². The minimum atomic E-state index is -3.68. The SMILES string of the molecule is CC[C@@H](C)NC(=O)[C@H](CC)N(Cc1cccc(C)c1)C(=O)CCCN(c1cc(Cl)ccc1Cl)S(C)(=O)=O. The second-order valence-corrected chi connectivity index (χ2v) is 12.0. The van der Waals surface area contributed by atoms with E-state index in [1.807, 2.05) is 52.0 Å². The third-order valence-corrected chi connectivity index (χ3v) is 7.89. The monoisotopic (exact) mass is 569 g/mol. The van der Waals surface area contributed by atoms with Gasteiger partial charge in [0.15, 0.2) is 0 Å². The Morgan fingerprint density at radius 3 is 2.35 bits per heavy atom. The normalized spacial score (nSPS) is 13.1. The van der Waals surface area contributed by atoms with E-state index in [0.717, 1.165) is 28.1 Å². The first-order chi connectivity index (χ1) is 17.4. The van der Waals surface area contributed by atoms with Crippen LogP contribution in [0, 0.1) is 6.92 Å². The Morgan fingerprint density at radius 1 is 1.05 bits per heavy atom. The molecule has 7 nitrogen and oxygen atoms in total. The molecule has 1 N–H and O–H groups in total. The lowest BCUT2D eigenvalue weighted by molar-refractivity contribution is -0.141. The van der Waals surface area contributed by atoms with E-state index in [0.29, 0.717) is 11.4 Å². The number of hydrogen-bond donors (Lipinski definition) is 1. The van der Waals surface area contributed by atoms with Crippen molar-refractivity contribution in [1.82, 2.24) is 10.2 Å². The number of nitrogens with zero attached hydrogens (tertiary/aromatic N) is 2. The Kier molecular flexibility index (Phi) is 11.7. The molecule has 0 aliphatic heterocycles. The fourth-order valence-corrected chi connectivity index (χ4v) is 5.43. The van der Waals surface area contributed by atoms with Crippen molar-refractivity contribution >= 4 is 50.7 Å². The van der Waals surface area contributed by atoms with Crippen molar-refractivity contribution in [3.05, 3.63) is 63.6 Å². The molecule has 0 heterocycles. The standard InChI is InChI=1S/C27H37Cl2N3O4S/c1-6-20(4)30-27(34)24(7-2)31(18-21-11-8-10-19(3)16-21)26(33)12-9-15-32(37(5,35)36)25-17-22(28)13-14-23(25)29/h8,10-11,13-14,16-17,20,24H,6-7,9,12,15,18H2,1-5H3,(H,30,34)/t20-,24+/m1/s1. The van der Waals surface area contributed by atoms with Crippen LogP contribution in [0.5, 0.6) is 0 Å². The Hall–Kier alpha value is -2.29. The van der Waals surface area contributed by atoms with Gasteiger partial charge in [-0.2, -0.15) is 0 Å². The third kappa shape index (κ3) is 9.20. The summed E-state index contributed by atoms with van der Waals surface area (Å²) in [5.74, 6) is -0.417. The first kappa shape index (κ1) is 30.9. The number of carbonyl (C=O) groups excluding carboxylic acids is 2. The Balaban J connectivity index is 2.26. The minimum Gasteiger partial charge on any atom is -0.352 e. The van der Waals surface area contributed by atoms with Gasteiger partial charge in [-0.15, -0.1) is 0 Å². The highest BCUT2D eigenvalue weighted by Crippen LogP contribution is 2.31.